The first-order chi connectivity index (χ1) is 17.0. The topological polar surface area (TPSA) is 142 Å². The van der Waals surface area contributed by atoms with E-state index >= 15 is 0 Å². The first kappa shape index (κ1) is 24.5. The van der Waals surface area contributed by atoms with E-state index < -0.39 is 10.0 Å². The number of aromatic nitrogens is 5. The number of anilines is 1. The van der Waals surface area contributed by atoms with Crippen molar-refractivity contribution in [1.29, 1.82) is 0 Å². The molecule has 0 radical (unpaired) electrons. The number of nitrogen functional groups attached to an aromatic ring is 1. The SMILES string of the molecule is Cc1noc(C)c1S(=O)(=O)N1CCOc2c(C(C)n3nc(C)c4c(N)ncnc43)cc(Cl)c(C)c2C1. The molecule has 1 atom stereocenters. The number of aryl methyl sites for hydroxylation is 3. The van der Waals surface area contributed by atoms with Gasteiger partial charge in [0, 0.05) is 29.2 Å². The molecule has 2 N–H and O–H groups in total. The summed E-state index contributed by atoms with van der Waals surface area (Å²) in [6.45, 7) is 9.25. The van der Waals surface area contributed by atoms with Gasteiger partial charge in [0.15, 0.2) is 11.4 Å². The first-order valence-corrected chi connectivity index (χ1v) is 13.2. The fraction of sp³-hybridized carbons (Fsp3) is 0.391. The normalized spacial score (nSPS) is 15.5. The van der Waals surface area contributed by atoms with Gasteiger partial charge in [0.1, 0.15) is 35.1 Å². The van der Waals surface area contributed by atoms with E-state index in [1.807, 2.05) is 26.8 Å². The number of rotatable bonds is 4. The van der Waals surface area contributed by atoms with Crippen LogP contribution < -0.4 is 10.5 Å². The molecular formula is C23H26ClN7O4S. The lowest BCUT2D eigenvalue weighted by Gasteiger charge is -2.23. The third kappa shape index (κ3) is 3.71. The zero-order chi connectivity index (χ0) is 25.9. The number of sulfonamides is 1. The van der Waals surface area contributed by atoms with Gasteiger partial charge in [-0.25, -0.2) is 23.1 Å². The van der Waals surface area contributed by atoms with Crippen LogP contribution in [0.5, 0.6) is 5.75 Å². The van der Waals surface area contributed by atoms with E-state index in [1.165, 1.54) is 10.6 Å². The maximum Gasteiger partial charge on any atom is 0.248 e. The van der Waals surface area contributed by atoms with Crippen molar-refractivity contribution < 1.29 is 17.7 Å². The minimum Gasteiger partial charge on any atom is -0.491 e. The Labute approximate surface area is 213 Å². The first-order valence-electron chi connectivity index (χ1n) is 11.3. The fourth-order valence-corrected chi connectivity index (χ4v) is 6.64. The molecule has 5 rings (SSSR count). The molecule has 190 valence electrons. The summed E-state index contributed by atoms with van der Waals surface area (Å²) in [6, 6.07) is 1.50. The van der Waals surface area contributed by atoms with E-state index in [1.54, 1.807) is 18.5 Å². The number of fused-ring (bicyclic) bond motifs is 2. The highest BCUT2D eigenvalue weighted by molar-refractivity contribution is 7.89. The Morgan fingerprint density at radius 2 is 1.92 bits per heavy atom. The van der Waals surface area contributed by atoms with Crippen LogP contribution in [0.4, 0.5) is 5.82 Å². The molecule has 0 amide bonds. The lowest BCUT2D eigenvalue weighted by atomic mass is 9.98. The van der Waals surface area contributed by atoms with Gasteiger partial charge < -0.3 is 15.0 Å². The molecule has 4 heterocycles. The van der Waals surface area contributed by atoms with Gasteiger partial charge >= 0.3 is 0 Å². The van der Waals surface area contributed by atoms with E-state index in [-0.39, 0.29) is 36.4 Å². The quantitative estimate of drug-likeness (QED) is 0.418. The average Bonchev–Trinajstić information content (AvgIpc) is 3.25. The van der Waals surface area contributed by atoms with Crippen molar-refractivity contribution in [2.75, 3.05) is 18.9 Å². The van der Waals surface area contributed by atoms with Crippen molar-refractivity contribution in [3.8, 4) is 5.75 Å². The third-order valence-corrected chi connectivity index (χ3v) is 9.11. The van der Waals surface area contributed by atoms with Crippen LogP contribution in [0.2, 0.25) is 5.02 Å². The molecule has 0 bridgehead atoms. The lowest BCUT2D eigenvalue weighted by Crippen LogP contribution is -2.33. The summed E-state index contributed by atoms with van der Waals surface area (Å²) < 4.78 is 41.6. The Balaban J connectivity index is 1.62. The van der Waals surface area contributed by atoms with E-state index in [9.17, 15) is 8.42 Å². The van der Waals surface area contributed by atoms with Crippen molar-refractivity contribution in [3.63, 3.8) is 0 Å². The van der Waals surface area contributed by atoms with Gasteiger partial charge in [-0.3, -0.25) is 0 Å². The predicted octanol–water partition coefficient (Wildman–Crippen LogP) is 3.48. The van der Waals surface area contributed by atoms with Crippen LogP contribution in [-0.2, 0) is 16.6 Å². The largest absolute Gasteiger partial charge is 0.491 e. The lowest BCUT2D eigenvalue weighted by molar-refractivity contribution is 0.288. The summed E-state index contributed by atoms with van der Waals surface area (Å²) in [7, 11) is -3.89. The molecule has 0 fully saturated rings. The maximum atomic E-state index is 13.6. The Hall–Kier alpha value is -3.22. The van der Waals surface area contributed by atoms with E-state index in [2.05, 4.69) is 20.2 Å². The minimum absolute atomic E-state index is 0.0787. The van der Waals surface area contributed by atoms with Gasteiger partial charge in [-0.05, 0) is 46.2 Å². The second kappa shape index (κ2) is 8.71. The average molecular weight is 532 g/mol. The second-order valence-corrected chi connectivity index (χ2v) is 11.2. The molecule has 36 heavy (non-hydrogen) atoms. The zero-order valence-electron chi connectivity index (χ0n) is 20.5. The van der Waals surface area contributed by atoms with Gasteiger partial charge in [-0.1, -0.05) is 16.8 Å². The van der Waals surface area contributed by atoms with Gasteiger partial charge in [0.05, 0.1) is 17.1 Å². The molecule has 1 unspecified atom stereocenters. The summed E-state index contributed by atoms with van der Waals surface area (Å²) in [5.41, 5.74) is 9.90. The van der Waals surface area contributed by atoms with Crippen LogP contribution in [0.1, 0.15) is 46.8 Å². The molecule has 13 heteroatoms. The highest BCUT2D eigenvalue weighted by Crippen LogP contribution is 2.41. The summed E-state index contributed by atoms with van der Waals surface area (Å²) >= 11 is 6.67. The van der Waals surface area contributed by atoms with Crippen molar-refractivity contribution in [2.24, 2.45) is 0 Å². The monoisotopic (exact) mass is 531 g/mol. The Morgan fingerprint density at radius 3 is 2.61 bits per heavy atom. The maximum absolute atomic E-state index is 13.6. The van der Waals surface area contributed by atoms with Crippen molar-refractivity contribution in [3.05, 3.63) is 51.3 Å². The van der Waals surface area contributed by atoms with E-state index in [0.717, 1.165) is 11.1 Å². The van der Waals surface area contributed by atoms with Crippen LogP contribution in [0, 0.1) is 27.7 Å². The molecule has 0 saturated heterocycles. The van der Waals surface area contributed by atoms with Crippen LogP contribution in [0.15, 0.2) is 21.8 Å². The summed E-state index contributed by atoms with van der Waals surface area (Å²) in [6.07, 6.45) is 1.40. The highest BCUT2D eigenvalue weighted by atomic mass is 35.5. The Kier molecular flexibility index (Phi) is 5.92. The number of nitrogens with two attached hydrogens (primary N) is 1. The standard InChI is InChI=1S/C23H26ClN7O4S/c1-11-17-9-30(36(32,33)21-13(3)29-35-15(21)5)6-7-34-20(17)16(8-18(11)24)14(4)31-23-19(12(2)28-31)22(25)26-10-27-23/h8,10,14H,6-7,9H2,1-5H3,(H2,25,26,27). The van der Waals surface area contributed by atoms with Gasteiger partial charge in [-0.15, -0.1) is 0 Å². The number of halogens is 1. The molecule has 0 spiro atoms. The molecule has 0 saturated carbocycles. The number of hydrogen-bond donors (Lipinski definition) is 1. The summed E-state index contributed by atoms with van der Waals surface area (Å²) in [4.78, 5) is 8.56. The van der Waals surface area contributed by atoms with Crippen LogP contribution in [0.3, 0.4) is 0 Å². The molecule has 3 aromatic heterocycles. The van der Waals surface area contributed by atoms with E-state index in [0.29, 0.717) is 44.6 Å². The number of ether oxygens (including phenoxy) is 1. The Bertz CT molecular complexity index is 1590. The van der Waals surface area contributed by atoms with Crippen molar-refractivity contribution in [2.45, 2.75) is 52.1 Å². The summed E-state index contributed by atoms with van der Waals surface area (Å²) in [5.74, 6) is 1.19. The molecule has 0 aliphatic carbocycles. The molecular weight excluding hydrogens is 506 g/mol. The summed E-state index contributed by atoms with van der Waals surface area (Å²) in [5, 5.41) is 9.67. The van der Waals surface area contributed by atoms with E-state index in [4.69, 9.17) is 26.6 Å². The molecule has 1 aliphatic rings. The van der Waals surface area contributed by atoms with Crippen molar-refractivity contribution in [1.82, 2.24) is 29.2 Å². The molecule has 4 aromatic rings. The number of benzene rings is 1. The van der Waals surface area contributed by atoms with Crippen LogP contribution in [0.25, 0.3) is 11.0 Å². The third-order valence-electron chi connectivity index (χ3n) is 6.63. The predicted molar refractivity (Wildman–Crippen MR) is 134 cm³/mol. The number of hydrogen-bond acceptors (Lipinski definition) is 9. The highest BCUT2D eigenvalue weighted by Gasteiger charge is 2.35. The van der Waals surface area contributed by atoms with Crippen LogP contribution >= 0.6 is 11.6 Å². The molecule has 11 nitrogen and oxygen atoms in total. The van der Waals surface area contributed by atoms with Crippen LogP contribution in [-0.4, -0.2) is 50.8 Å². The zero-order valence-corrected chi connectivity index (χ0v) is 22.1. The Morgan fingerprint density at radius 1 is 1.17 bits per heavy atom. The molecule has 1 aliphatic heterocycles. The van der Waals surface area contributed by atoms with Gasteiger partial charge in [0.25, 0.3) is 0 Å². The number of nitrogens with zero attached hydrogens (tertiary/aromatic N) is 6. The van der Waals surface area contributed by atoms with Gasteiger partial charge in [0.2, 0.25) is 10.0 Å². The second-order valence-electron chi connectivity index (χ2n) is 8.88. The van der Waals surface area contributed by atoms with Gasteiger partial charge in [-0.2, -0.15) is 9.40 Å². The minimum atomic E-state index is -3.89. The van der Waals surface area contributed by atoms with Crippen molar-refractivity contribution >= 4 is 38.5 Å². The fourth-order valence-electron chi connectivity index (χ4n) is 4.72. The smallest absolute Gasteiger partial charge is 0.248 e. The molecule has 1 aromatic carbocycles.